The molecule has 0 bridgehead atoms. The van der Waals surface area contributed by atoms with Gasteiger partial charge in [-0.15, -0.1) is 0 Å². The van der Waals surface area contributed by atoms with Gasteiger partial charge in [0.25, 0.3) is 5.91 Å². The molecule has 1 aromatic heterocycles. The minimum atomic E-state index is -0.745. The number of fused-ring (bicyclic) bond motifs is 1. The van der Waals surface area contributed by atoms with Crippen molar-refractivity contribution in [1.29, 1.82) is 0 Å². The van der Waals surface area contributed by atoms with E-state index in [1.807, 2.05) is 30.3 Å². The number of anilines is 1. The fourth-order valence-electron chi connectivity index (χ4n) is 2.40. The summed E-state index contributed by atoms with van der Waals surface area (Å²) in [7, 11) is 0. The molecule has 130 valence electrons. The third kappa shape index (κ3) is 3.56. The number of aromatic nitrogens is 2. The molecule has 2 heterocycles. The summed E-state index contributed by atoms with van der Waals surface area (Å²) in [5.41, 5.74) is 0.442. The second-order valence-electron chi connectivity index (χ2n) is 5.52. The maximum Gasteiger partial charge on any atom is 0.322 e. The molecule has 0 saturated heterocycles. The molecular weight excluding hydrogens is 334 g/mol. The molecule has 0 aliphatic carbocycles. The van der Waals surface area contributed by atoms with Crippen molar-refractivity contribution in [3.05, 3.63) is 67.0 Å². The van der Waals surface area contributed by atoms with Crippen LogP contribution in [0.25, 0.3) is 0 Å². The lowest BCUT2D eigenvalue weighted by Crippen LogP contribution is -2.40. The number of hydrogen-bond donors (Lipinski definition) is 1. The highest BCUT2D eigenvalue weighted by molar-refractivity contribution is 5.94. The molecule has 7 heteroatoms. The van der Waals surface area contributed by atoms with Crippen LogP contribution in [0.15, 0.2) is 67.0 Å². The fourth-order valence-corrected chi connectivity index (χ4v) is 2.40. The van der Waals surface area contributed by atoms with Gasteiger partial charge in [-0.1, -0.05) is 30.3 Å². The number of benzene rings is 2. The van der Waals surface area contributed by atoms with E-state index in [-0.39, 0.29) is 18.5 Å². The van der Waals surface area contributed by atoms with E-state index < -0.39 is 6.10 Å². The highest BCUT2D eigenvalue weighted by Crippen LogP contribution is 2.31. The van der Waals surface area contributed by atoms with Gasteiger partial charge in [-0.05, 0) is 24.3 Å². The van der Waals surface area contributed by atoms with E-state index in [1.165, 1.54) is 12.4 Å². The van der Waals surface area contributed by atoms with Crippen LogP contribution in [0, 0.1) is 0 Å². The summed E-state index contributed by atoms with van der Waals surface area (Å²) in [5.74, 6) is 1.47. The average Bonchev–Trinajstić information content (AvgIpc) is 2.70. The van der Waals surface area contributed by atoms with Crippen molar-refractivity contribution in [2.45, 2.75) is 6.10 Å². The Hall–Kier alpha value is -3.61. The molecule has 0 spiro atoms. The van der Waals surface area contributed by atoms with Gasteiger partial charge in [0.2, 0.25) is 6.10 Å². The first-order chi connectivity index (χ1) is 12.8. The Morgan fingerprint density at radius 3 is 2.46 bits per heavy atom. The summed E-state index contributed by atoms with van der Waals surface area (Å²) in [6.45, 7) is 0.138. The third-order valence-electron chi connectivity index (χ3n) is 3.65. The van der Waals surface area contributed by atoms with Crippen molar-refractivity contribution >= 4 is 11.6 Å². The quantitative estimate of drug-likeness (QED) is 0.779. The highest BCUT2D eigenvalue weighted by atomic mass is 16.6. The average molecular weight is 349 g/mol. The van der Waals surface area contributed by atoms with E-state index in [1.54, 1.807) is 24.3 Å². The summed E-state index contributed by atoms with van der Waals surface area (Å²) >= 11 is 0. The van der Waals surface area contributed by atoms with E-state index in [2.05, 4.69) is 15.3 Å². The molecule has 7 nitrogen and oxygen atoms in total. The molecule has 1 atom stereocenters. The van der Waals surface area contributed by atoms with Crippen LogP contribution >= 0.6 is 0 Å². The molecule has 26 heavy (non-hydrogen) atoms. The standard InChI is InChI=1S/C19H15N3O4/c23-18(17-12-24-15-8-4-5-9-16(15)26-17)22-13-10-20-19(21-11-13)25-14-6-2-1-3-7-14/h1-11,17H,12H2,(H,22,23). The smallest absolute Gasteiger partial charge is 0.322 e. The Labute approximate surface area is 149 Å². The van der Waals surface area contributed by atoms with Crippen LogP contribution in [0.2, 0.25) is 0 Å². The molecule has 1 amide bonds. The molecule has 0 radical (unpaired) electrons. The summed E-state index contributed by atoms with van der Waals surface area (Å²) in [4.78, 5) is 20.5. The van der Waals surface area contributed by atoms with Crippen molar-refractivity contribution in [2.75, 3.05) is 11.9 Å². The largest absolute Gasteiger partial charge is 0.485 e. The summed E-state index contributed by atoms with van der Waals surface area (Å²) in [6, 6.07) is 16.6. The number of rotatable bonds is 4. The number of hydrogen-bond acceptors (Lipinski definition) is 6. The van der Waals surface area contributed by atoms with E-state index >= 15 is 0 Å². The molecule has 0 fully saturated rings. The molecule has 1 unspecified atom stereocenters. The second kappa shape index (κ2) is 7.10. The van der Waals surface area contributed by atoms with Crippen molar-refractivity contribution < 1.29 is 19.0 Å². The number of para-hydroxylation sites is 3. The number of carbonyl (C=O) groups excluding carboxylic acids is 1. The normalized spacial score (nSPS) is 15.2. The maximum absolute atomic E-state index is 12.4. The monoisotopic (exact) mass is 349 g/mol. The van der Waals surface area contributed by atoms with Crippen molar-refractivity contribution in [3.8, 4) is 23.3 Å². The van der Waals surface area contributed by atoms with E-state index in [4.69, 9.17) is 14.2 Å². The number of nitrogens with one attached hydrogen (secondary N) is 1. The summed E-state index contributed by atoms with van der Waals surface area (Å²) < 4.78 is 16.7. The number of ether oxygens (including phenoxy) is 3. The Morgan fingerprint density at radius 2 is 1.69 bits per heavy atom. The Balaban J connectivity index is 1.37. The number of amides is 1. The first kappa shape index (κ1) is 15.9. The minimum absolute atomic E-state index is 0.138. The number of nitrogens with zero attached hydrogens (tertiary/aromatic N) is 2. The van der Waals surface area contributed by atoms with Gasteiger partial charge in [-0.25, -0.2) is 9.97 Å². The van der Waals surface area contributed by atoms with Crippen molar-refractivity contribution in [3.63, 3.8) is 0 Å². The van der Waals surface area contributed by atoms with Gasteiger partial charge < -0.3 is 19.5 Å². The zero-order valence-electron chi connectivity index (χ0n) is 13.7. The first-order valence-corrected chi connectivity index (χ1v) is 8.02. The van der Waals surface area contributed by atoms with Crippen LogP contribution in [0.3, 0.4) is 0 Å². The molecule has 1 N–H and O–H groups in total. The predicted molar refractivity (Wildman–Crippen MR) is 93.5 cm³/mol. The van der Waals surface area contributed by atoms with Gasteiger partial charge in [0, 0.05) is 0 Å². The molecule has 2 aromatic carbocycles. The lowest BCUT2D eigenvalue weighted by molar-refractivity contribution is -0.125. The Kier molecular flexibility index (Phi) is 4.34. The molecule has 1 aliphatic rings. The second-order valence-corrected chi connectivity index (χ2v) is 5.52. The Bertz CT molecular complexity index is 900. The van der Waals surface area contributed by atoms with Crippen LogP contribution in [-0.2, 0) is 4.79 Å². The van der Waals surface area contributed by atoms with Crippen LogP contribution in [0.4, 0.5) is 5.69 Å². The third-order valence-corrected chi connectivity index (χ3v) is 3.65. The van der Waals surface area contributed by atoms with E-state index in [9.17, 15) is 4.79 Å². The maximum atomic E-state index is 12.4. The van der Waals surface area contributed by atoms with Crippen LogP contribution in [-0.4, -0.2) is 28.6 Å². The van der Waals surface area contributed by atoms with Crippen molar-refractivity contribution in [2.24, 2.45) is 0 Å². The van der Waals surface area contributed by atoms with Crippen LogP contribution in [0.1, 0.15) is 0 Å². The van der Waals surface area contributed by atoms with Crippen molar-refractivity contribution in [1.82, 2.24) is 9.97 Å². The van der Waals surface area contributed by atoms with Crippen LogP contribution in [0.5, 0.6) is 23.3 Å². The van der Waals surface area contributed by atoms with Gasteiger partial charge in [-0.3, -0.25) is 4.79 Å². The van der Waals surface area contributed by atoms with E-state index in [0.717, 1.165) is 0 Å². The molecule has 3 aromatic rings. The van der Waals surface area contributed by atoms with Gasteiger partial charge in [0.1, 0.15) is 12.4 Å². The lowest BCUT2D eigenvalue weighted by Gasteiger charge is -2.25. The molecular formula is C19H15N3O4. The topological polar surface area (TPSA) is 82.6 Å². The number of carbonyl (C=O) groups is 1. The first-order valence-electron chi connectivity index (χ1n) is 8.02. The van der Waals surface area contributed by atoms with E-state index in [0.29, 0.717) is 22.9 Å². The van der Waals surface area contributed by atoms with Gasteiger partial charge in [-0.2, -0.15) is 0 Å². The predicted octanol–water partition coefficient (Wildman–Crippen LogP) is 3.05. The van der Waals surface area contributed by atoms with Crippen LogP contribution < -0.4 is 19.5 Å². The summed E-state index contributed by atoms with van der Waals surface area (Å²) in [5, 5.41) is 2.71. The lowest BCUT2D eigenvalue weighted by atomic mass is 10.2. The summed E-state index contributed by atoms with van der Waals surface area (Å²) in [6.07, 6.45) is 2.20. The van der Waals surface area contributed by atoms with Gasteiger partial charge >= 0.3 is 6.01 Å². The highest BCUT2D eigenvalue weighted by Gasteiger charge is 2.27. The molecule has 0 saturated carbocycles. The fraction of sp³-hybridized carbons (Fsp3) is 0.105. The van der Waals surface area contributed by atoms with Gasteiger partial charge in [0.05, 0.1) is 18.1 Å². The Morgan fingerprint density at radius 1 is 1.00 bits per heavy atom. The SMILES string of the molecule is O=C(Nc1cnc(Oc2ccccc2)nc1)C1COc2ccccc2O1. The zero-order chi connectivity index (χ0) is 17.8. The molecule has 1 aliphatic heterocycles. The van der Waals surface area contributed by atoms with Gasteiger partial charge in [0.15, 0.2) is 11.5 Å². The zero-order valence-corrected chi connectivity index (χ0v) is 13.7. The molecule has 4 rings (SSSR count). The minimum Gasteiger partial charge on any atom is -0.485 e.